The third kappa shape index (κ3) is 3.29. The van der Waals surface area contributed by atoms with Gasteiger partial charge >= 0.3 is 0 Å². The molecule has 2 aromatic rings. The topological polar surface area (TPSA) is 64.7 Å². The number of hydrogen-bond acceptors (Lipinski definition) is 3. The highest BCUT2D eigenvalue weighted by molar-refractivity contribution is 9.10. The van der Waals surface area contributed by atoms with E-state index in [1.165, 1.54) is 0 Å². The zero-order valence-electron chi connectivity index (χ0n) is 11.2. The van der Waals surface area contributed by atoms with Crippen LogP contribution in [-0.4, -0.2) is 25.5 Å². The lowest BCUT2D eigenvalue weighted by molar-refractivity contribution is -0.122. The van der Waals surface area contributed by atoms with Gasteiger partial charge in [0.15, 0.2) is 0 Å². The molecule has 2 rings (SSSR count). The largest absolute Gasteiger partial charge is 0.349 e. The molecule has 20 heavy (non-hydrogen) atoms. The van der Waals surface area contributed by atoms with Crippen molar-refractivity contribution < 1.29 is 4.79 Å². The Kier molecular flexibility index (Phi) is 4.98. The predicted molar refractivity (Wildman–Crippen MR) is 82.1 cm³/mol. The van der Waals surface area contributed by atoms with E-state index in [2.05, 4.69) is 47.4 Å². The monoisotopic (exact) mass is 403 g/mol. The molecule has 0 aliphatic carbocycles. The number of nitrogens with zero attached hydrogens (tertiary/aromatic N) is 4. The van der Waals surface area contributed by atoms with Gasteiger partial charge in [0.2, 0.25) is 5.91 Å². The molecule has 2 heterocycles. The molecule has 0 aliphatic heterocycles. The summed E-state index contributed by atoms with van der Waals surface area (Å²) in [6.07, 6.45) is 3.42. The van der Waals surface area contributed by atoms with Crippen LogP contribution in [-0.2, 0) is 24.4 Å². The Morgan fingerprint density at radius 1 is 1.25 bits per heavy atom. The molecule has 1 N–H and O–H groups in total. The Labute approximate surface area is 133 Å². The molecule has 0 fully saturated rings. The van der Waals surface area contributed by atoms with Crippen LogP contribution in [0.2, 0.25) is 0 Å². The van der Waals surface area contributed by atoms with Crippen molar-refractivity contribution in [3.8, 4) is 0 Å². The summed E-state index contributed by atoms with van der Waals surface area (Å²) in [5, 5.41) is 11.2. The smallest absolute Gasteiger partial charge is 0.242 e. The van der Waals surface area contributed by atoms with Gasteiger partial charge in [-0.1, -0.05) is 0 Å². The van der Waals surface area contributed by atoms with Gasteiger partial charge in [-0.05, 0) is 45.7 Å². The van der Waals surface area contributed by atoms with E-state index < -0.39 is 0 Å². The molecule has 8 heteroatoms. The predicted octanol–water partition coefficient (Wildman–Crippen LogP) is 2.25. The maximum atomic E-state index is 11.9. The van der Waals surface area contributed by atoms with Crippen LogP contribution in [0, 0.1) is 6.92 Å². The summed E-state index contributed by atoms with van der Waals surface area (Å²) in [4.78, 5) is 11.9. The van der Waals surface area contributed by atoms with Gasteiger partial charge < -0.3 is 5.32 Å². The summed E-state index contributed by atoms with van der Waals surface area (Å²) in [6.45, 7) is 5.33. The Balaban J connectivity index is 1.95. The lowest BCUT2D eigenvalue weighted by atomic mass is 10.4. The lowest BCUT2D eigenvalue weighted by Crippen LogP contribution is -2.29. The Bertz CT molecular complexity index is 619. The van der Waals surface area contributed by atoms with Gasteiger partial charge in [-0.15, -0.1) is 0 Å². The standard InChI is InChI=1S/C12H15Br2N5O/c1-3-18-11(10(14)5-16-18)6-15-12(20)7-19-8(2)9(13)4-17-19/h4-5H,3,6-7H2,1-2H3,(H,15,20). The van der Waals surface area contributed by atoms with E-state index in [1.807, 2.05) is 18.5 Å². The van der Waals surface area contributed by atoms with Crippen molar-refractivity contribution in [2.75, 3.05) is 0 Å². The molecule has 0 saturated heterocycles. The minimum absolute atomic E-state index is 0.0838. The Morgan fingerprint density at radius 2 is 1.90 bits per heavy atom. The second kappa shape index (κ2) is 6.53. The molecule has 0 radical (unpaired) electrons. The van der Waals surface area contributed by atoms with Crippen LogP contribution in [0.4, 0.5) is 0 Å². The molecule has 0 spiro atoms. The normalized spacial score (nSPS) is 10.8. The highest BCUT2D eigenvalue weighted by Crippen LogP contribution is 2.16. The van der Waals surface area contributed by atoms with Crippen LogP contribution in [0.3, 0.4) is 0 Å². The highest BCUT2D eigenvalue weighted by Gasteiger charge is 2.11. The number of carbonyl (C=O) groups is 1. The summed E-state index contributed by atoms with van der Waals surface area (Å²) >= 11 is 6.80. The zero-order chi connectivity index (χ0) is 14.7. The van der Waals surface area contributed by atoms with Crippen molar-refractivity contribution in [2.45, 2.75) is 33.5 Å². The van der Waals surface area contributed by atoms with E-state index in [9.17, 15) is 4.79 Å². The zero-order valence-corrected chi connectivity index (χ0v) is 14.4. The lowest BCUT2D eigenvalue weighted by Gasteiger charge is -2.09. The fourth-order valence-electron chi connectivity index (χ4n) is 1.79. The van der Waals surface area contributed by atoms with Gasteiger partial charge in [-0.2, -0.15) is 10.2 Å². The van der Waals surface area contributed by atoms with Gasteiger partial charge in [0, 0.05) is 6.54 Å². The Hall–Kier alpha value is -1.15. The van der Waals surface area contributed by atoms with Crippen molar-refractivity contribution in [3.05, 3.63) is 32.7 Å². The molecular formula is C12H15Br2N5O. The van der Waals surface area contributed by atoms with Gasteiger partial charge in [-0.3, -0.25) is 14.2 Å². The molecule has 108 valence electrons. The number of amides is 1. The van der Waals surface area contributed by atoms with E-state index in [1.54, 1.807) is 17.1 Å². The first-order valence-corrected chi connectivity index (χ1v) is 7.76. The fraction of sp³-hybridized carbons (Fsp3) is 0.417. The molecule has 6 nitrogen and oxygen atoms in total. The third-order valence-electron chi connectivity index (χ3n) is 2.99. The summed E-state index contributed by atoms with van der Waals surface area (Å²) in [5.41, 5.74) is 1.89. The van der Waals surface area contributed by atoms with E-state index in [0.717, 1.165) is 26.9 Å². The number of aryl methyl sites for hydroxylation is 1. The van der Waals surface area contributed by atoms with Crippen LogP contribution < -0.4 is 5.32 Å². The minimum Gasteiger partial charge on any atom is -0.349 e. The maximum Gasteiger partial charge on any atom is 0.242 e. The molecule has 0 unspecified atom stereocenters. The van der Waals surface area contributed by atoms with E-state index >= 15 is 0 Å². The molecule has 0 aromatic carbocycles. The van der Waals surface area contributed by atoms with Crippen molar-refractivity contribution in [2.24, 2.45) is 0 Å². The van der Waals surface area contributed by atoms with E-state index in [-0.39, 0.29) is 12.5 Å². The molecular weight excluding hydrogens is 390 g/mol. The highest BCUT2D eigenvalue weighted by atomic mass is 79.9. The molecule has 0 bridgehead atoms. The number of aromatic nitrogens is 4. The molecule has 0 saturated carbocycles. The van der Waals surface area contributed by atoms with Crippen LogP contribution in [0.15, 0.2) is 21.3 Å². The van der Waals surface area contributed by atoms with Crippen molar-refractivity contribution in [1.82, 2.24) is 24.9 Å². The quantitative estimate of drug-likeness (QED) is 0.831. The first-order valence-electron chi connectivity index (χ1n) is 6.17. The average molecular weight is 405 g/mol. The first-order chi connectivity index (χ1) is 9.52. The SMILES string of the molecule is CCn1ncc(Br)c1CNC(=O)Cn1ncc(Br)c1C. The summed E-state index contributed by atoms with van der Waals surface area (Å²) in [6, 6.07) is 0. The van der Waals surface area contributed by atoms with Crippen LogP contribution >= 0.6 is 31.9 Å². The number of rotatable bonds is 5. The number of hydrogen-bond donors (Lipinski definition) is 1. The summed E-state index contributed by atoms with van der Waals surface area (Å²) < 4.78 is 5.31. The van der Waals surface area contributed by atoms with Gasteiger partial charge in [0.05, 0.1) is 39.3 Å². The second-order valence-electron chi connectivity index (χ2n) is 4.27. The van der Waals surface area contributed by atoms with Gasteiger partial charge in [-0.25, -0.2) is 0 Å². The molecule has 0 atom stereocenters. The van der Waals surface area contributed by atoms with Crippen molar-refractivity contribution in [1.29, 1.82) is 0 Å². The van der Waals surface area contributed by atoms with E-state index in [0.29, 0.717) is 6.54 Å². The number of halogens is 2. The maximum absolute atomic E-state index is 11.9. The first kappa shape index (κ1) is 15.2. The second-order valence-corrected chi connectivity index (χ2v) is 5.98. The van der Waals surface area contributed by atoms with Crippen molar-refractivity contribution >= 4 is 37.8 Å². The molecule has 0 aliphatic rings. The van der Waals surface area contributed by atoms with Crippen LogP contribution in [0.25, 0.3) is 0 Å². The summed E-state index contributed by atoms with van der Waals surface area (Å²) in [7, 11) is 0. The third-order valence-corrected chi connectivity index (χ3v) is 4.43. The van der Waals surface area contributed by atoms with Crippen LogP contribution in [0.1, 0.15) is 18.3 Å². The Morgan fingerprint density at radius 3 is 2.50 bits per heavy atom. The number of carbonyl (C=O) groups excluding carboxylic acids is 1. The van der Waals surface area contributed by atoms with Crippen LogP contribution in [0.5, 0.6) is 0 Å². The molecule has 1 amide bonds. The van der Waals surface area contributed by atoms with Gasteiger partial charge in [0.1, 0.15) is 6.54 Å². The summed E-state index contributed by atoms with van der Waals surface area (Å²) in [5.74, 6) is -0.0838. The van der Waals surface area contributed by atoms with E-state index in [4.69, 9.17) is 0 Å². The minimum atomic E-state index is -0.0838. The van der Waals surface area contributed by atoms with Gasteiger partial charge in [0.25, 0.3) is 0 Å². The molecule has 2 aromatic heterocycles. The number of nitrogens with one attached hydrogen (secondary N) is 1. The fourth-order valence-corrected chi connectivity index (χ4v) is 2.53. The average Bonchev–Trinajstić information content (AvgIpc) is 2.93. The van der Waals surface area contributed by atoms with Crippen molar-refractivity contribution in [3.63, 3.8) is 0 Å².